The average molecular weight is 426 g/mol. The Morgan fingerprint density at radius 1 is 1.23 bits per heavy atom. The van der Waals surface area contributed by atoms with Crippen molar-refractivity contribution in [3.63, 3.8) is 0 Å². The summed E-state index contributed by atoms with van der Waals surface area (Å²) in [5.74, 6) is 0.518. The normalized spacial score (nSPS) is 13.3. The Balaban J connectivity index is 1.77. The number of aromatic nitrogens is 3. The summed E-state index contributed by atoms with van der Waals surface area (Å²) in [4.78, 5) is 17.2. The average Bonchev–Trinajstić information content (AvgIpc) is 3.43. The molecule has 4 rings (SSSR count). The molecule has 156 valence electrons. The topological polar surface area (TPSA) is 92.1 Å². The van der Waals surface area contributed by atoms with Crippen molar-refractivity contribution < 1.29 is 9.90 Å². The highest BCUT2D eigenvalue weighted by Crippen LogP contribution is 2.34. The number of nitrogens with zero attached hydrogens (tertiary/aromatic N) is 3. The number of carbonyl (C=O) groups is 1. The van der Waals surface area contributed by atoms with Crippen molar-refractivity contribution in [3.05, 3.63) is 52.9 Å². The second-order valence-electron chi connectivity index (χ2n) is 7.57. The molecule has 1 fully saturated rings. The zero-order chi connectivity index (χ0) is 21.3. The fraction of sp³-hybridized carbons (Fsp3) is 0.318. The Labute approximate surface area is 180 Å². The van der Waals surface area contributed by atoms with Gasteiger partial charge in [0.05, 0.1) is 23.4 Å². The number of anilines is 1. The first-order valence-corrected chi connectivity index (χ1v) is 10.3. The predicted octanol–water partition coefficient (Wildman–Crippen LogP) is 3.41. The van der Waals surface area contributed by atoms with E-state index in [-0.39, 0.29) is 18.6 Å². The molecule has 0 atom stereocenters. The molecule has 2 aromatic heterocycles. The van der Waals surface area contributed by atoms with E-state index in [2.05, 4.69) is 20.7 Å². The van der Waals surface area contributed by atoms with Crippen LogP contribution in [0.2, 0.25) is 5.02 Å². The number of amides is 1. The smallest absolute Gasteiger partial charge is 0.253 e. The van der Waals surface area contributed by atoms with E-state index in [9.17, 15) is 9.90 Å². The Bertz CT molecular complexity index is 1090. The Morgan fingerprint density at radius 3 is 2.70 bits per heavy atom. The zero-order valence-electron chi connectivity index (χ0n) is 16.9. The summed E-state index contributed by atoms with van der Waals surface area (Å²) in [6.07, 6.45) is 7.48. The van der Waals surface area contributed by atoms with E-state index >= 15 is 0 Å². The van der Waals surface area contributed by atoms with Crippen LogP contribution in [0.4, 0.5) is 5.82 Å². The van der Waals surface area contributed by atoms with Gasteiger partial charge in [-0.2, -0.15) is 5.10 Å². The van der Waals surface area contributed by atoms with E-state index in [4.69, 9.17) is 11.6 Å². The third-order valence-corrected chi connectivity index (χ3v) is 5.40. The van der Waals surface area contributed by atoms with Gasteiger partial charge in [-0.05, 0) is 49.1 Å². The number of carbonyl (C=O) groups excluding carboxylic acids is 1. The molecular weight excluding hydrogens is 402 g/mol. The molecule has 1 amide bonds. The molecule has 8 heteroatoms. The van der Waals surface area contributed by atoms with E-state index < -0.39 is 0 Å². The number of hydrogen-bond donors (Lipinski definition) is 3. The summed E-state index contributed by atoms with van der Waals surface area (Å²) in [6.45, 7) is 2.36. The number of hydrogen-bond acceptors (Lipinski definition) is 5. The van der Waals surface area contributed by atoms with Crippen LogP contribution in [0.15, 0.2) is 36.8 Å². The van der Waals surface area contributed by atoms with Crippen molar-refractivity contribution in [1.82, 2.24) is 20.1 Å². The second kappa shape index (κ2) is 8.45. The maximum Gasteiger partial charge on any atom is 0.253 e. The van der Waals surface area contributed by atoms with Gasteiger partial charge in [0.25, 0.3) is 5.91 Å². The molecule has 0 aliphatic heterocycles. The molecule has 1 aromatic carbocycles. The molecule has 2 heterocycles. The van der Waals surface area contributed by atoms with Crippen molar-refractivity contribution in [2.75, 3.05) is 18.5 Å². The van der Waals surface area contributed by atoms with Gasteiger partial charge in [-0.25, -0.2) is 4.98 Å². The quantitative estimate of drug-likeness (QED) is 0.539. The fourth-order valence-electron chi connectivity index (χ4n) is 3.36. The number of rotatable bonds is 7. The fourth-order valence-corrected chi connectivity index (χ4v) is 3.66. The van der Waals surface area contributed by atoms with E-state index in [1.165, 1.54) is 0 Å². The summed E-state index contributed by atoms with van der Waals surface area (Å²) < 4.78 is 1.73. The van der Waals surface area contributed by atoms with Crippen LogP contribution in [0.1, 0.15) is 28.8 Å². The maximum absolute atomic E-state index is 12.6. The standard InChI is InChI=1S/C22H24ClN5O2/c1-13-7-20(23)19(22(30)27-16-3-4-16)9-17(13)14-8-18(15-11-26-28(2)12-15)21(25-10-14)24-5-6-29/h7-12,16,29H,3-6H2,1-2H3,(H,24,25)(H,27,30). The Hall–Kier alpha value is -2.90. The monoisotopic (exact) mass is 425 g/mol. The highest BCUT2D eigenvalue weighted by molar-refractivity contribution is 6.34. The van der Waals surface area contributed by atoms with E-state index in [0.29, 0.717) is 22.9 Å². The third kappa shape index (κ3) is 4.32. The number of aliphatic hydroxyl groups is 1. The first-order valence-electron chi connectivity index (χ1n) is 9.91. The van der Waals surface area contributed by atoms with Gasteiger partial charge in [0, 0.05) is 48.7 Å². The maximum atomic E-state index is 12.6. The zero-order valence-corrected chi connectivity index (χ0v) is 17.7. The molecule has 3 N–H and O–H groups in total. The second-order valence-corrected chi connectivity index (χ2v) is 7.98. The largest absolute Gasteiger partial charge is 0.395 e. The number of nitrogens with one attached hydrogen (secondary N) is 2. The van der Waals surface area contributed by atoms with Crippen LogP contribution in [-0.2, 0) is 7.05 Å². The van der Waals surface area contributed by atoms with Gasteiger partial charge in [0.1, 0.15) is 5.82 Å². The minimum absolute atomic E-state index is 0.00562. The summed E-state index contributed by atoms with van der Waals surface area (Å²) in [6, 6.07) is 5.93. The van der Waals surface area contributed by atoms with Crippen molar-refractivity contribution in [1.29, 1.82) is 0 Å². The first kappa shape index (κ1) is 20.4. The van der Waals surface area contributed by atoms with Crippen LogP contribution >= 0.6 is 11.6 Å². The van der Waals surface area contributed by atoms with Crippen LogP contribution in [0.25, 0.3) is 22.3 Å². The summed E-state index contributed by atoms with van der Waals surface area (Å²) in [5.41, 5.74) is 4.97. The molecule has 0 bridgehead atoms. The Kier molecular flexibility index (Phi) is 5.74. The predicted molar refractivity (Wildman–Crippen MR) is 118 cm³/mol. The molecule has 3 aromatic rings. The van der Waals surface area contributed by atoms with Crippen LogP contribution in [0.3, 0.4) is 0 Å². The number of pyridine rings is 1. The molecule has 0 unspecified atom stereocenters. The lowest BCUT2D eigenvalue weighted by molar-refractivity contribution is 0.0951. The van der Waals surface area contributed by atoms with Crippen molar-refractivity contribution in [3.8, 4) is 22.3 Å². The summed E-state index contributed by atoms with van der Waals surface area (Å²) >= 11 is 6.38. The molecule has 0 saturated heterocycles. The summed E-state index contributed by atoms with van der Waals surface area (Å²) in [7, 11) is 1.86. The minimum atomic E-state index is -0.148. The van der Waals surface area contributed by atoms with Crippen LogP contribution in [0, 0.1) is 6.92 Å². The van der Waals surface area contributed by atoms with Gasteiger partial charge in [-0.3, -0.25) is 9.48 Å². The minimum Gasteiger partial charge on any atom is -0.395 e. The lowest BCUT2D eigenvalue weighted by atomic mass is 9.96. The number of halogens is 1. The molecule has 30 heavy (non-hydrogen) atoms. The van der Waals surface area contributed by atoms with Gasteiger partial charge in [-0.15, -0.1) is 0 Å². The van der Waals surface area contributed by atoms with Gasteiger partial charge in [-0.1, -0.05) is 11.6 Å². The molecule has 0 radical (unpaired) electrons. The SMILES string of the molecule is Cc1cc(Cl)c(C(=O)NC2CC2)cc1-c1cnc(NCCO)c(-c2cnn(C)c2)c1. The van der Waals surface area contributed by atoms with Crippen LogP contribution < -0.4 is 10.6 Å². The number of aliphatic hydroxyl groups excluding tert-OH is 1. The molecular formula is C22H24ClN5O2. The lowest BCUT2D eigenvalue weighted by Gasteiger charge is -2.14. The number of aryl methyl sites for hydroxylation is 2. The highest BCUT2D eigenvalue weighted by Gasteiger charge is 2.25. The van der Waals surface area contributed by atoms with Crippen molar-refractivity contribution >= 4 is 23.3 Å². The first-order chi connectivity index (χ1) is 14.5. The van der Waals surface area contributed by atoms with E-state index in [1.54, 1.807) is 17.1 Å². The molecule has 1 aliphatic carbocycles. The molecule has 0 spiro atoms. The van der Waals surface area contributed by atoms with Crippen molar-refractivity contribution in [2.24, 2.45) is 7.05 Å². The van der Waals surface area contributed by atoms with Crippen LogP contribution in [-0.4, -0.2) is 45.0 Å². The molecule has 7 nitrogen and oxygen atoms in total. The third-order valence-electron chi connectivity index (χ3n) is 5.09. The Morgan fingerprint density at radius 2 is 2.03 bits per heavy atom. The van der Waals surface area contributed by atoms with Gasteiger partial charge in [0.2, 0.25) is 0 Å². The molecule has 1 saturated carbocycles. The summed E-state index contributed by atoms with van der Waals surface area (Å²) in [5, 5.41) is 20.0. The van der Waals surface area contributed by atoms with Gasteiger partial charge < -0.3 is 15.7 Å². The van der Waals surface area contributed by atoms with Crippen molar-refractivity contribution in [2.45, 2.75) is 25.8 Å². The number of benzene rings is 1. The van der Waals surface area contributed by atoms with E-state index in [1.807, 2.05) is 38.4 Å². The lowest BCUT2D eigenvalue weighted by Crippen LogP contribution is -2.25. The van der Waals surface area contributed by atoms with Crippen LogP contribution in [0.5, 0.6) is 0 Å². The highest BCUT2D eigenvalue weighted by atomic mass is 35.5. The molecule has 1 aliphatic rings. The van der Waals surface area contributed by atoms with Gasteiger partial charge in [0.15, 0.2) is 0 Å². The van der Waals surface area contributed by atoms with Gasteiger partial charge >= 0.3 is 0 Å². The van der Waals surface area contributed by atoms with E-state index in [0.717, 1.165) is 40.7 Å².